The molecule has 0 aromatic heterocycles. The summed E-state index contributed by atoms with van der Waals surface area (Å²) in [6.45, 7) is 6.88. The number of ether oxygens (including phenoxy) is 1. The number of nitriles is 1. The summed E-state index contributed by atoms with van der Waals surface area (Å²) in [5, 5.41) is 9.00. The fourth-order valence-electron chi connectivity index (χ4n) is 2.22. The van der Waals surface area contributed by atoms with Crippen molar-refractivity contribution in [1.82, 2.24) is 0 Å². The highest BCUT2D eigenvalue weighted by Gasteiger charge is 2.31. The van der Waals surface area contributed by atoms with Crippen LogP contribution in [0.5, 0.6) is 0 Å². The van der Waals surface area contributed by atoms with Gasteiger partial charge in [0.2, 0.25) is 0 Å². The number of rotatable bonds is 1. The number of hydrogen-bond acceptors (Lipinski definition) is 3. The third-order valence-electron chi connectivity index (χ3n) is 3.22. The van der Waals surface area contributed by atoms with Crippen LogP contribution in [0, 0.1) is 17.2 Å². The second-order valence-corrected chi connectivity index (χ2v) is 5.78. The van der Waals surface area contributed by atoms with Gasteiger partial charge in [-0.3, -0.25) is 4.90 Å². The van der Waals surface area contributed by atoms with Crippen molar-refractivity contribution in [3.63, 3.8) is 0 Å². The molecule has 1 aromatic rings. The van der Waals surface area contributed by atoms with Gasteiger partial charge in [0.1, 0.15) is 6.61 Å². The maximum Gasteiger partial charge on any atom is 0.414 e. The van der Waals surface area contributed by atoms with Crippen molar-refractivity contribution in [3.8, 4) is 6.07 Å². The zero-order valence-electron chi connectivity index (χ0n) is 11.5. The van der Waals surface area contributed by atoms with Crippen LogP contribution in [-0.2, 0) is 10.2 Å². The van der Waals surface area contributed by atoms with Crippen LogP contribution in [-0.4, -0.2) is 19.2 Å². The number of nitrogens with zero attached hydrogens (tertiary/aromatic N) is 2. The standard InChI is InChI=1S/C15H18N2O2/c1-15(2,3)12-6-4-5-7-13(12)17-9-11(8-16)10-19-14(17)18/h4-7,11H,9-10H2,1-3H3. The first kappa shape index (κ1) is 13.4. The molecule has 4 nitrogen and oxygen atoms in total. The normalized spacial score (nSPS) is 19.8. The predicted octanol–water partition coefficient (Wildman–Crippen LogP) is 3.08. The van der Waals surface area contributed by atoms with E-state index in [9.17, 15) is 4.79 Å². The van der Waals surface area contributed by atoms with Crippen molar-refractivity contribution in [3.05, 3.63) is 29.8 Å². The van der Waals surface area contributed by atoms with Crippen molar-refractivity contribution >= 4 is 11.8 Å². The monoisotopic (exact) mass is 258 g/mol. The molecule has 1 amide bonds. The summed E-state index contributed by atoms with van der Waals surface area (Å²) in [5.41, 5.74) is 1.83. The van der Waals surface area contributed by atoms with Crippen LogP contribution in [0.1, 0.15) is 26.3 Å². The maximum atomic E-state index is 11.9. The van der Waals surface area contributed by atoms with Gasteiger partial charge < -0.3 is 4.74 Å². The summed E-state index contributed by atoms with van der Waals surface area (Å²) in [6.07, 6.45) is -0.372. The summed E-state index contributed by atoms with van der Waals surface area (Å²) in [6, 6.07) is 9.94. The number of carbonyl (C=O) groups excluding carboxylic acids is 1. The van der Waals surface area contributed by atoms with E-state index in [4.69, 9.17) is 10.00 Å². The fraction of sp³-hybridized carbons (Fsp3) is 0.467. The average Bonchev–Trinajstić information content (AvgIpc) is 2.38. The number of carbonyl (C=O) groups is 1. The van der Waals surface area contributed by atoms with Crippen LogP contribution in [0.4, 0.5) is 10.5 Å². The van der Waals surface area contributed by atoms with Crippen LogP contribution in [0.25, 0.3) is 0 Å². The summed E-state index contributed by atoms with van der Waals surface area (Å²) >= 11 is 0. The first-order valence-electron chi connectivity index (χ1n) is 6.37. The molecule has 100 valence electrons. The number of hydrogen-bond donors (Lipinski definition) is 0. The van der Waals surface area contributed by atoms with Gasteiger partial charge in [0.25, 0.3) is 0 Å². The summed E-state index contributed by atoms with van der Waals surface area (Å²) < 4.78 is 5.08. The molecule has 1 unspecified atom stereocenters. The molecule has 0 saturated carbocycles. The highest BCUT2D eigenvalue weighted by molar-refractivity contribution is 5.89. The third-order valence-corrected chi connectivity index (χ3v) is 3.22. The molecule has 1 aliphatic rings. The van der Waals surface area contributed by atoms with E-state index < -0.39 is 0 Å². The summed E-state index contributed by atoms with van der Waals surface area (Å²) in [7, 11) is 0. The predicted molar refractivity (Wildman–Crippen MR) is 72.9 cm³/mol. The first-order chi connectivity index (χ1) is 8.93. The Labute approximate surface area is 113 Å². The second kappa shape index (κ2) is 4.93. The Bertz CT molecular complexity index is 526. The largest absolute Gasteiger partial charge is 0.448 e. The molecule has 1 atom stereocenters. The van der Waals surface area contributed by atoms with Crippen LogP contribution < -0.4 is 4.90 Å². The van der Waals surface area contributed by atoms with Crippen molar-refractivity contribution in [2.45, 2.75) is 26.2 Å². The molecular weight excluding hydrogens is 240 g/mol. The molecule has 1 saturated heterocycles. The Morgan fingerprint density at radius 2 is 2.05 bits per heavy atom. The van der Waals surface area contributed by atoms with Gasteiger partial charge in [-0.05, 0) is 17.0 Å². The van der Waals surface area contributed by atoms with E-state index >= 15 is 0 Å². The molecule has 1 aliphatic heterocycles. The topological polar surface area (TPSA) is 53.3 Å². The van der Waals surface area contributed by atoms with E-state index in [0.29, 0.717) is 6.54 Å². The van der Waals surface area contributed by atoms with Gasteiger partial charge >= 0.3 is 6.09 Å². The number of para-hydroxylation sites is 1. The quantitative estimate of drug-likeness (QED) is 0.777. The summed E-state index contributed by atoms with van der Waals surface area (Å²) in [4.78, 5) is 13.5. The van der Waals surface area contributed by atoms with Crippen LogP contribution in [0.2, 0.25) is 0 Å². The number of amides is 1. The Balaban J connectivity index is 2.41. The van der Waals surface area contributed by atoms with Gasteiger partial charge in [-0.1, -0.05) is 39.0 Å². The Morgan fingerprint density at radius 3 is 2.68 bits per heavy atom. The molecule has 4 heteroatoms. The Hall–Kier alpha value is -2.02. The number of benzene rings is 1. The Morgan fingerprint density at radius 1 is 1.37 bits per heavy atom. The van der Waals surface area contributed by atoms with Gasteiger partial charge in [0.05, 0.1) is 17.7 Å². The molecular formula is C15H18N2O2. The van der Waals surface area contributed by atoms with Gasteiger partial charge in [-0.15, -0.1) is 0 Å². The van der Waals surface area contributed by atoms with Gasteiger partial charge in [-0.25, -0.2) is 4.79 Å². The average molecular weight is 258 g/mol. The molecule has 1 fully saturated rings. The molecule has 2 rings (SSSR count). The zero-order valence-corrected chi connectivity index (χ0v) is 11.5. The molecule has 0 radical (unpaired) electrons. The van der Waals surface area contributed by atoms with E-state index in [1.807, 2.05) is 24.3 Å². The van der Waals surface area contributed by atoms with E-state index in [1.54, 1.807) is 4.90 Å². The highest BCUT2D eigenvalue weighted by Crippen LogP contribution is 2.33. The van der Waals surface area contributed by atoms with Gasteiger partial charge in [0.15, 0.2) is 0 Å². The first-order valence-corrected chi connectivity index (χ1v) is 6.37. The lowest BCUT2D eigenvalue weighted by atomic mass is 9.85. The van der Waals surface area contributed by atoms with Crippen molar-refractivity contribution in [2.24, 2.45) is 5.92 Å². The van der Waals surface area contributed by atoms with Crippen molar-refractivity contribution in [2.75, 3.05) is 18.1 Å². The molecule has 0 N–H and O–H groups in total. The minimum absolute atomic E-state index is 0.0730. The molecule has 1 aromatic carbocycles. The van der Waals surface area contributed by atoms with E-state index in [-0.39, 0.29) is 24.0 Å². The Kier molecular flexibility index (Phi) is 3.48. The highest BCUT2D eigenvalue weighted by atomic mass is 16.6. The minimum Gasteiger partial charge on any atom is -0.448 e. The molecule has 0 bridgehead atoms. The van der Waals surface area contributed by atoms with Crippen LogP contribution in [0.15, 0.2) is 24.3 Å². The molecule has 0 spiro atoms. The lowest BCUT2D eigenvalue weighted by Crippen LogP contribution is -2.43. The molecule has 0 aliphatic carbocycles. The fourth-order valence-corrected chi connectivity index (χ4v) is 2.22. The zero-order chi connectivity index (χ0) is 14.0. The van der Waals surface area contributed by atoms with Gasteiger partial charge in [0, 0.05) is 6.54 Å². The third kappa shape index (κ3) is 2.70. The number of anilines is 1. The molecule has 19 heavy (non-hydrogen) atoms. The van der Waals surface area contributed by atoms with E-state index in [2.05, 4.69) is 26.8 Å². The maximum absolute atomic E-state index is 11.9. The second-order valence-electron chi connectivity index (χ2n) is 5.78. The van der Waals surface area contributed by atoms with E-state index in [1.165, 1.54) is 0 Å². The van der Waals surface area contributed by atoms with Crippen LogP contribution in [0.3, 0.4) is 0 Å². The number of cyclic esters (lactones) is 1. The van der Waals surface area contributed by atoms with Gasteiger partial charge in [-0.2, -0.15) is 5.26 Å². The van der Waals surface area contributed by atoms with Crippen LogP contribution >= 0.6 is 0 Å². The SMILES string of the molecule is CC(C)(C)c1ccccc1N1CC(C#N)COC1=O. The summed E-state index contributed by atoms with van der Waals surface area (Å²) in [5.74, 6) is -0.272. The van der Waals surface area contributed by atoms with Crippen molar-refractivity contribution in [1.29, 1.82) is 5.26 Å². The lowest BCUT2D eigenvalue weighted by Gasteiger charge is -2.33. The minimum atomic E-state index is -0.372. The lowest BCUT2D eigenvalue weighted by molar-refractivity contribution is 0.127. The van der Waals surface area contributed by atoms with Crippen molar-refractivity contribution < 1.29 is 9.53 Å². The van der Waals surface area contributed by atoms with E-state index in [0.717, 1.165) is 11.3 Å². The molecule has 1 heterocycles. The smallest absolute Gasteiger partial charge is 0.414 e.